The minimum absolute atomic E-state index is 0.0499. The van der Waals surface area contributed by atoms with Gasteiger partial charge in [0.05, 0.1) is 17.9 Å². The topological polar surface area (TPSA) is 102 Å². The number of aromatic hydroxyl groups is 3. The van der Waals surface area contributed by atoms with Crippen molar-refractivity contribution in [3.05, 3.63) is 12.1 Å². The molecule has 1 aromatic rings. The van der Waals surface area contributed by atoms with E-state index in [4.69, 9.17) is 4.74 Å². The molecule has 2 rings (SSSR count). The molecule has 1 saturated heterocycles. The van der Waals surface area contributed by atoms with Crippen molar-refractivity contribution in [2.75, 3.05) is 18.4 Å². The fourth-order valence-corrected chi connectivity index (χ4v) is 2.22. The maximum atomic E-state index is 12.1. The fraction of sp³-hybridized carbons (Fsp3) is 0.462. The number of urea groups is 1. The molecule has 110 valence electrons. The Balaban J connectivity index is 2.08. The second kappa shape index (κ2) is 5.46. The number of rotatable bonds is 1. The average Bonchev–Trinajstić information content (AvgIpc) is 2.34. The average molecular weight is 282 g/mol. The molecule has 0 radical (unpaired) electrons. The number of hydrogen-bond donors (Lipinski definition) is 4. The molecule has 0 aliphatic carbocycles. The summed E-state index contributed by atoms with van der Waals surface area (Å²) in [6, 6.07) is 1.98. The van der Waals surface area contributed by atoms with Crippen LogP contribution >= 0.6 is 0 Å². The van der Waals surface area contributed by atoms with Crippen molar-refractivity contribution < 1.29 is 24.9 Å². The molecule has 0 bridgehead atoms. The summed E-state index contributed by atoms with van der Waals surface area (Å²) < 4.78 is 5.54. The van der Waals surface area contributed by atoms with Gasteiger partial charge in [0.1, 0.15) is 0 Å². The van der Waals surface area contributed by atoms with Crippen LogP contribution in [0.25, 0.3) is 0 Å². The van der Waals surface area contributed by atoms with E-state index in [0.717, 1.165) is 0 Å². The third-order valence-electron chi connectivity index (χ3n) is 3.03. The van der Waals surface area contributed by atoms with Gasteiger partial charge in [-0.05, 0) is 13.8 Å². The highest BCUT2D eigenvalue weighted by Crippen LogP contribution is 2.37. The third-order valence-corrected chi connectivity index (χ3v) is 3.03. The molecule has 1 heterocycles. The van der Waals surface area contributed by atoms with Crippen LogP contribution in [0.2, 0.25) is 0 Å². The van der Waals surface area contributed by atoms with E-state index in [1.54, 1.807) is 4.90 Å². The number of amides is 2. The first-order valence-electron chi connectivity index (χ1n) is 6.33. The number of nitrogens with one attached hydrogen (secondary N) is 1. The van der Waals surface area contributed by atoms with E-state index in [2.05, 4.69) is 5.32 Å². The van der Waals surface area contributed by atoms with Gasteiger partial charge in [0, 0.05) is 25.2 Å². The minimum atomic E-state index is -0.614. The third kappa shape index (κ3) is 3.05. The van der Waals surface area contributed by atoms with Gasteiger partial charge in [0.2, 0.25) is 0 Å². The largest absolute Gasteiger partial charge is 0.504 e. The van der Waals surface area contributed by atoms with Crippen LogP contribution in [0.5, 0.6) is 17.2 Å². The zero-order valence-corrected chi connectivity index (χ0v) is 11.3. The molecular formula is C13H18N2O5. The van der Waals surface area contributed by atoms with Crippen molar-refractivity contribution >= 4 is 11.7 Å². The van der Waals surface area contributed by atoms with Crippen LogP contribution in [-0.2, 0) is 4.74 Å². The Hall–Kier alpha value is -2.15. The molecule has 0 aromatic heterocycles. The van der Waals surface area contributed by atoms with Crippen molar-refractivity contribution in [1.29, 1.82) is 0 Å². The summed E-state index contributed by atoms with van der Waals surface area (Å²) in [5.74, 6) is -1.61. The lowest BCUT2D eigenvalue weighted by atomic mass is 10.2. The smallest absolute Gasteiger partial charge is 0.322 e. The summed E-state index contributed by atoms with van der Waals surface area (Å²) >= 11 is 0. The number of benzene rings is 1. The Morgan fingerprint density at radius 2 is 1.70 bits per heavy atom. The summed E-state index contributed by atoms with van der Waals surface area (Å²) in [5.41, 5.74) is 0.203. The normalized spacial score (nSPS) is 22.6. The molecule has 1 aromatic carbocycles. The number of carbonyl (C=O) groups excluding carboxylic acids is 1. The van der Waals surface area contributed by atoms with Crippen molar-refractivity contribution in [2.24, 2.45) is 0 Å². The van der Waals surface area contributed by atoms with E-state index in [0.29, 0.717) is 13.1 Å². The van der Waals surface area contributed by atoms with E-state index in [-0.39, 0.29) is 23.9 Å². The Labute approximate surface area is 116 Å². The van der Waals surface area contributed by atoms with Crippen LogP contribution in [0.15, 0.2) is 12.1 Å². The van der Waals surface area contributed by atoms with E-state index in [9.17, 15) is 20.1 Å². The second-order valence-electron chi connectivity index (χ2n) is 4.96. The Kier molecular flexibility index (Phi) is 3.89. The molecule has 2 amide bonds. The molecule has 2 atom stereocenters. The number of morpholine rings is 1. The summed E-state index contributed by atoms with van der Waals surface area (Å²) in [7, 11) is 0. The molecule has 0 saturated carbocycles. The van der Waals surface area contributed by atoms with Gasteiger partial charge in [0.25, 0.3) is 0 Å². The zero-order chi connectivity index (χ0) is 14.9. The lowest BCUT2D eigenvalue weighted by Crippen LogP contribution is -2.49. The molecule has 0 spiro atoms. The van der Waals surface area contributed by atoms with Crippen LogP contribution in [0.3, 0.4) is 0 Å². The zero-order valence-electron chi connectivity index (χ0n) is 11.3. The standard InChI is InChI=1S/C13H18N2O5/c1-7-5-15(6-8(2)20-7)13(19)14-9-3-10(16)12(18)11(17)4-9/h3-4,7-8,16-18H,5-6H2,1-2H3,(H,14,19). The molecular weight excluding hydrogens is 264 g/mol. The van der Waals surface area contributed by atoms with Crippen LogP contribution in [0.4, 0.5) is 10.5 Å². The predicted octanol–water partition coefficient (Wildman–Crippen LogP) is 1.44. The van der Waals surface area contributed by atoms with Gasteiger partial charge >= 0.3 is 6.03 Å². The van der Waals surface area contributed by atoms with E-state index >= 15 is 0 Å². The number of anilines is 1. The minimum Gasteiger partial charge on any atom is -0.504 e. The van der Waals surface area contributed by atoms with Gasteiger partial charge in [-0.3, -0.25) is 0 Å². The molecule has 1 fully saturated rings. The summed E-state index contributed by atoms with van der Waals surface area (Å²) in [4.78, 5) is 13.7. The second-order valence-corrected chi connectivity index (χ2v) is 4.96. The van der Waals surface area contributed by atoms with Crippen molar-refractivity contribution in [3.8, 4) is 17.2 Å². The maximum Gasteiger partial charge on any atom is 0.322 e. The van der Waals surface area contributed by atoms with Crippen LogP contribution < -0.4 is 5.32 Å². The van der Waals surface area contributed by atoms with E-state index in [1.165, 1.54) is 12.1 Å². The molecule has 7 nitrogen and oxygen atoms in total. The van der Waals surface area contributed by atoms with Crippen LogP contribution in [-0.4, -0.2) is 51.5 Å². The SMILES string of the molecule is CC1CN(C(=O)Nc2cc(O)c(O)c(O)c2)CC(C)O1. The molecule has 7 heteroatoms. The maximum absolute atomic E-state index is 12.1. The molecule has 2 unspecified atom stereocenters. The predicted molar refractivity (Wildman–Crippen MR) is 72.0 cm³/mol. The number of ether oxygens (including phenoxy) is 1. The van der Waals surface area contributed by atoms with E-state index < -0.39 is 17.2 Å². The van der Waals surface area contributed by atoms with Crippen LogP contribution in [0.1, 0.15) is 13.8 Å². The summed E-state index contributed by atoms with van der Waals surface area (Å²) in [5, 5.41) is 30.6. The fourth-order valence-electron chi connectivity index (χ4n) is 2.22. The highest BCUT2D eigenvalue weighted by Gasteiger charge is 2.26. The Bertz CT molecular complexity index is 486. The highest BCUT2D eigenvalue weighted by molar-refractivity contribution is 5.90. The number of hydrogen-bond acceptors (Lipinski definition) is 5. The van der Waals surface area contributed by atoms with Gasteiger partial charge < -0.3 is 30.3 Å². The summed E-state index contributed by atoms with van der Waals surface area (Å²) in [6.45, 7) is 4.70. The Morgan fingerprint density at radius 1 is 1.20 bits per heavy atom. The molecule has 20 heavy (non-hydrogen) atoms. The van der Waals surface area contributed by atoms with Gasteiger partial charge in [-0.1, -0.05) is 0 Å². The highest BCUT2D eigenvalue weighted by atomic mass is 16.5. The van der Waals surface area contributed by atoms with E-state index in [1.807, 2.05) is 13.8 Å². The quantitative estimate of drug-likeness (QED) is 0.461. The monoisotopic (exact) mass is 282 g/mol. The van der Waals surface area contributed by atoms with Gasteiger partial charge in [-0.15, -0.1) is 0 Å². The number of nitrogens with zero attached hydrogens (tertiary/aromatic N) is 1. The lowest BCUT2D eigenvalue weighted by molar-refractivity contribution is -0.0530. The number of carbonyl (C=O) groups is 1. The van der Waals surface area contributed by atoms with Crippen LogP contribution in [0, 0.1) is 0 Å². The van der Waals surface area contributed by atoms with Crippen molar-refractivity contribution in [1.82, 2.24) is 4.90 Å². The Morgan fingerprint density at radius 3 is 2.20 bits per heavy atom. The van der Waals surface area contributed by atoms with Gasteiger partial charge in [-0.25, -0.2) is 4.79 Å². The lowest BCUT2D eigenvalue weighted by Gasteiger charge is -2.35. The molecule has 4 N–H and O–H groups in total. The van der Waals surface area contributed by atoms with Gasteiger partial charge in [-0.2, -0.15) is 0 Å². The summed E-state index contributed by atoms with van der Waals surface area (Å²) in [6.07, 6.45) is -0.0998. The number of phenols is 3. The van der Waals surface area contributed by atoms with Crippen molar-refractivity contribution in [2.45, 2.75) is 26.1 Å². The molecule has 1 aliphatic rings. The van der Waals surface area contributed by atoms with Crippen molar-refractivity contribution in [3.63, 3.8) is 0 Å². The van der Waals surface area contributed by atoms with Gasteiger partial charge in [0.15, 0.2) is 17.2 Å². The number of phenolic OH excluding ortho intramolecular Hbond substituents is 3. The molecule has 1 aliphatic heterocycles. The first-order valence-corrected chi connectivity index (χ1v) is 6.33. The first-order chi connectivity index (χ1) is 9.36. The first kappa shape index (κ1) is 14.3.